The molecule has 3 aromatic rings. The maximum atomic E-state index is 12.7. The van der Waals surface area contributed by atoms with Crippen molar-refractivity contribution in [3.8, 4) is 5.75 Å². The van der Waals surface area contributed by atoms with E-state index in [9.17, 15) is 14.4 Å². The Morgan fingerprint density at radius 1 is 0.882 bits per heavy atom. The third kappa shape index (κ3) is 5.10. The Hall–Kier alpha value is -4.10. The number of anilines is 1. The van der Waals surface area contributed by atoms with E-state index in [0.29, 0.717) is 17.0 Å². The van der Waals surface area contributed by atoms with E-state index in [1.165, 1.54) is 0 Å². The van der Waals surface area contributed by atoms with Crippen LogP contribution in [0.5, 0.6) is 5.75 Å². The topological polar surface area (TPSA) is 87.7 Å². The fourth-order valence-electron chi connectivity index (χ4n) is 3.45. The Kier molecular flexibility index (Phi) is 6.94. The van der Waals surface area contributed by atoms with E-state index in [1.54, 1.807) is 55.6 Å². The molecule has 7 nitrogen and oxygen atoms in total. The smallest absolute Gasteiger partial charge is 0.278 e. The number of rotatable bonds is 8. The van der Waals surface area contributed by atoms with Gasteiger partial charge >= 0.3 is 0 Å². The van der Waals surface area contributed by atoms with Crippen molar-refractivity contribution in [2.75, 3.05) is 12.4 Å². The van der Waals surface area contributed by atoms with Crippen LogP contribution in [0.15, 0.2) is 89.6 Å². The number of carbonyl (C=O) groups is 3. The maximum absolute atomic E-state index is 12.7. The summed E-state index contributed by atoms with van der Waals surface area (Å²) in [6.07, 6.45) is 0. The van der Waals surface area contributed by atoms with Crippen molar-refractivity contribution in [2.24, 2.45) is 0 Å². The molecule has 1 aliphatic rings. The summed E-state index contributed by atoms with van der Waals surface area (Å²) in [5.41, 5.74) is 2.86. The summed E-state index contributed by atoms with van der Waals surface area (Å²) >= 11 is 6.16. The predicted molar refractivity (Wildman–Crippen MR) is 129 cm³/mol. The first-order chi connectivity index (χ1) is 16.5. The highest BCUT2D eigenvalue weighted by Crippen LogP contribution is 2.24. The number of hydrogen-bond donors (Lipinski definition) is 2. The van der Waals surface area contributed by atoms with Crippen LogP contribution in [-0.2, 0) is 22.7 Å². The first kappa shape index (κ1) is 23.1. The van der Waals surface area contributed by atoms with Gasteiger partial charge in [0.25, 0.3) is 17.7 Å². The number of imide groups is 1. The van der Waals surface area contributed by atoms with Crippen molar-refractivity contribution < 1.29 is 19.1 Å². The Labute approximate surface area is 202 Å². The van der Waals surface area contributed by atoms with Gasteiger partial charge in [0.05, 0.1) is 13.7 Å². The number of amides is 3. The van der Waals surface area contributed by atoms with Crippen LogP contribution in [0, 0.1) is 0 Å². The number of ether oxygens (including phenoxy) is 1. The van der Waals surface area contributed by atoms with Gasteiger partial charge in [-0.05, 0) is 47.5 Å². The average molecular weight is 476 g/mol. The first-order valence-corrected chi connectivity index (χ1v) is 10.9. The van der Waals surface area contributed by atoms with Crippen LogP contribution >= 0.6 is 11.6 Å². The van der Waals surface area contributed by atoms with E-state index in [-0.39, 0.29) is 29.7 Å². The number of benzene rings is 3. The molecule has 0 atom stereocenters. The van der Waals surface area contributed by atoms with Gasteiger partial charge in [0, 0.05) is 17.8 Å². The number of nitrogens with zero attached hydrogens (tertiary/aromatic N) is 1. The standard InChI is InChI=1S/C26H22ClN3O4/c1-34-21-13-11-20(12-14-21)29-24(31)19-9-7-17(8-10-19)15-28-23-22(27)25(32)30(26(23)33)16-18-5-3-2-4-6-18/h2-14,28H,15-16H2,1H3,(H,29,31). The maximum Gasteiger partial charge on any atom is 0.278 e. The Balaban J connectivity index is 1.35. The van der Waals surface area contributed by atoms with Crippen LogP contribution in [0.3, 0.4) is 0 Å². The quantitative estimate of drug-likeness (QED) is 0.480. The van der Waals surface area contributed by atoms with Gasteiger partial charge in [0.15, 0.2) is 0 Å². The summed E-state index contributed by atoms with van der Waals surface area (Å²) in [6.45, 7) is 0.419. The van der Waals surface area contributed by atoms with E-state index in [0.717, 1.165) is 16.0 Å². The van der Waals surface area contributed by atoms with Crippen LogP contribution in [0.1, 0.15) is 21.5 Å². The van der Waals surface area contributed by atoms with Crippen molar-refractivity contribution in [1.29, 1.82) is 0 Å². The van der Waals surface area contributed by atoms with Gasteiger partial charge in [-0.25, -0.2) is 0 Å². The lowest BCUT2D eigenvalue weighted by Gasteiger charge is -2.15. The zero-order valence-electron chi connectivity index (χ0n) is 18.4. The van der Waals surface area contributed by atoms with Crippen LogP contribution < -0.4 is 15.4 Å². The van der Waals surface area contributed by atoms with Crippen LogP contribution in [0.25, 0.3) is 0 Å². The molecule has 4 rings (SSSR count). The molecule has 8 heteroatoms. The zero-order chi connectivity index (χ0) is 24.1. The van der Waals surface area contributed by atoms with Crippen LogP contribution in [-0.4, -0.2) is 29.7 Å². The minimum Gasteiger partial charge on any atom is -0.497 e. The second-order valence-corrected chi connectivity index (χ2v) is 7.98. The SMILES string of the molecule is COc1ccc(NC(=O)c2ccc(CNC3=C(Cl)C(=O)N(Cc4ccccc4)C3=O)cc2)cc1. The van der Waals surface area contributed by atoms with Crippen molar-refractivity contribution in [3.05, 3.63) is 106 Å². The molecule has 3 amide bonds. The molecule has 0 saturated heterocycles. The number of hydrogen-bond acceptors (Lipinski definition) is 5. The third-order valence-corrected chi connectivity index (χ3v) is 5.68. The summed E-state index contributed by atoms with van der Waals surface area (Å²) in [4.78, 5) is 38.8. The lowest BCUT2D eigenvalue weighted by Crippen LogP contribution is -2.33. The molecule has 0 aromatic heterocycles. The van der Waals surface area contributed by atoms with Crippen molar-refractivity contribution in [2.45, 2.75) is 13.1 Å². The molecule has 0 fully saturated rings. The van der Waals surface area contributed by atoms with Crippen molar-refractivity contribution >= 4 is 35.0 Å². The van der Waals surface area contributed by atoms with Gasteiger partial charge in [-0.2, -0.15) is 0 Å². The summed E-state index contributed by atoms with van der Waals surface area (Å²) in [5, 5.41) is 5.66. The van der Waals surface area contributed by atoms with Gasteiger partial charge in [0.1, 0.15) is 16.5 Å². The average Bonchev–Trinajstić information content (AvgIpc) is 3.07. The monoisotopic (exact) mass is 475 g/mol. The van der Waals surface area contributed by atoms with E-state index in [1.807, 2.05) is 30.3 Å². The second kappa shape index (κ2) is 10.2. The molecule has 0 saturated carbocycles. The van der Waals surface area contributed by atoms with E-state index in [4.69, 9.17) is 16.3 Å². The minimum atomic E-state index is -0.524. The fraction of sp³-hybridized carbons (Fsp3) is 0.115. The second-order valence-electron chi connectivity index (χ2n) is 7.60. The van der Waals surface area contributed by atoms with E-state index in [2.05, 4.69) is 10.6 Å². The van der Waals surface area contributed by atoms with Crippen molar-refractivity contribution in [3.63, 3.8) is 0 Å². The van der Waals surface area contributed by atoms with Gasteiger partial charge in [0.2, 0.25) is 0 Å². The van der Waals surface area contributed by atoms with Gasteiger partial charge in [-0.1, -0.05) is 54.1 Å². The van der Waals surface area contributed by atoms with E-state index < -0.39 is 11.8 Å². The highest BCUT2D eigenvalue weighted by molar-refractivity contribution is 6.47. The first-order valence-electron chi connectivity index (χ1n) is 10.5. The van der Waals surface area contributed by atoms with Crippen LogP contribution in [0.2, 0.25) is 0 Å². The van der Waals surface area contributed by atoms with Gasteiger partial charge < -0.3 is 15.4 Å². The molecule has 172 valence electrons. The van der Waals surface area contributed by atoms with E-state index >= 15 is 0 Å². The Morgan fingerprint density at radius 3 is 2.21 bits per heavy atom. The highest BCUT2D eigenvalue weighted by Gasteiger charge is 2.37. The molecular formula is C26H22ClN3O4. The zero-order valence-corrected chi connectivity index (χ0v) is 19.1. The molecular weight excluding hydrogens is 454 g/mol. The number of nitrogens with one attached hydrogen (secondary N) is 2. The lowest BCUT2D eigenvalue weighted by atomic mass is 10.1. The molecule has 1 aliphatic heterocycles. The highest BCUT2D eigenvalue weighted by atomic mass is 35.5. The number of methoxy groups -OCH3 is 1. The summed E-state index contributed by atoms with van der Waals surface area (Å²) in [5.74, 6) is -0.530. The largest absolute Gasteiger partial charge is 0.497 e. The van der Waals surface area contributed by atoms with Gasteiger partial charge in [-0.3, -0.25) is 19.3 Å². The summed E-state index contributed by atoms with van der Waals surface area (Å²) < 4.78 is 5.11. The molecule has 0 spiro atoms. The molecule has 0 aliphatic carbocycles. The number of carbonyl (C=O) groups excluding carboxylic acids is 3. The minimum absolute atomic E-state index is 0.0731. The van der Waals surface area contributed by atoms with Gasteiger partial charge in [-0.15, -0.1) is 0 Å². The predicted octanol–water partition coefficient (Wildman–Crippen LogP) is 4.06. The molecule has 0 bridgehead atoms. The normalized spacial score (nSPS) is 13.3. The van der Waals surface area contributed by atoms with Crippen molar-refractivity contribution in [1.82, 2.24) is 10.2 Å². The molecule has 0 unspecified atom stereocenters. The third-order valence-electron chi connectivity index (χ3n) is 5.33. The molecule has 0 radical (unpaired) electrons. The number of halogens is 1. The Bertz CT molecular complexity index is 1240. The molecule has 2 N–H and O–H groups in total. The summed E-state index contributed by atoms with van der Waals surface area (Å²) in [6, 6.07) is 23.2. The molecule has 3 aromatic carbocycles. The molecule has 34 heavy (non-hydrogen) atoms. The fourth-order valence-corrected chi connectivity index (χ4v) is 3.70. The van der Waals surface area contributed by atoms with Crippen LogP contribution in [0.4, 0.5) is 5.69 Å². The molecule has 1 heterocycles. The summed E-state index contributed by atoms with van der Waals surface area (Å²) in [7, 11) is 1.58. The lowest BCUT2D eigenvalue weighted by molar-refractivity contribution is -0.138. The Morgan fingerprint density at radius 2 is 1.56 bits per heavy atom.